The Balaban J connectivity index is 1.50. The summed E-state index contributed by atoms with van der Waals surface area (Å²) in [6, 6.07) is 50.8. The van der Waals surface area contributed by atoms with Gasteiger partial charge in [-0.05, 0) is 35.4 Å². The van der Waals surface area contributed by atoms with Crippen LogP contribution in [0.4, 0.5) is 0 Å². The van der Waals surface area contributed by atoms with Crippen LogP contribution < -0.4 is 10.6 Å². The summed E-state index contributed by atoms with van der Waals surface area (Å²) in [5.74, 6) is -0.241. The molecule has 0 spiro atoms. The van der Waals surface area contributed by atoms with Crippen molar-refractivity contribution in [3.63, 3.8) is 0 Å². The number of ether oxygens (including phenoxy) is 1. The highest BCUT2D eigenvalue weighted by atomic mass is 31.2. The van der Waals surface area contributed by atoms with Crippen molar-refractivity contribution in [3.05, 3.63) is 168 Å². The van der Waals surface area contributed by atoms with Crippen molar-refractivity contribution in [2.75, 3.05) is 6.61 Å². The quantitative estimate of drug-likeness (QED) is 0.120. The Morgan fingerprint density at radius 3 is 1.36 bits per heavy atom. The van der Waals surface area contributed by atoms with Crippen molar-refractivity contribution in [2.24, 2.45) is 5.92 Å². The first-order valence-corrected chi connectivity index (χ1v) is 18.0. The van der Waals surface area contributed by atoms with E-state index in [-0.39, 0.29) is 5.92 Å². The summed E-state index contributed by atoms with van der Waals surface area (Å²) in [7, 11) is -3.35. The first-order chi connectivity index (χ1) is 22.0. The number of hydrogen-bond acceptors (Lipinski definition) is 3. The fraction of sp³-hybridized carbons (Fsp3) is 0.268. The number of aliphatic hydroxyl groups is 1. The van der Waals surface area contributed by atoms with Crippen LogP contribution in [-0.2, 0) is 14.9 Å². The zero-order valence-corrected chi connectivity index (χ0v) is 26.9. The highest BCUT2D eigenvalue weighted by molar-refractivity contribution is 7.79. The van der Waals surface area contributed by atoms with E-state index < -0.39 is 24.0 Å². The van der Waals surface area contributed by atoms with Gasteiger partial charge in [-0.2, -0.15) is 0 Å². The van der Waals surface area contributed by atoms with Gasteiger partial charge in [-0.25, -0.2) is 0 Å². The van der Waals surface area contributed by atoms with Crippen LogP contribution in [0.25, 0.3) is 0 Å². The third kappa shape index (κ3) is 6.10. The van der Waals surface area contributed by atoms with E-state index in [2.05, 4.69) is 79.7 Å². The topological polar surface area (TPSA) is 46.5 Å². The maximum atomic E-state index is 16.0. The van der Waals surface area contributed by atoms with Crippen LogP contribution in [0, 0.1) is 5.92 Å². The fourth-order valence-corrected chi connectivity index (χ4v) is 11.5. The minimum Gasteiger partial charge on any atom is -0.389 e. The SMILES string of the molecule is C[C@@H](COC(c1ccccc1)(c1ccccc1)c1ccccc1)[C@H](C1(O)CCCCC1)P(=O)(c1ccccc1)c1ccccc1. The molecule has 3 nitrogen and oxygen atoms in total. The molecule has 0 amide bonds. The van der Waals surface area contributed by atoms with Crippen LogP contribution >= 0.6 is 7.14 Å². The van der Waals surface area contributed by atoms with Crippen molar-refractivity contribution in [1.82, 2.24) is 0 Å². The molecule has 5 aromatic rings. The average Bonchev–Trinajstić information content (AvgIpc) is 3.11. The molecule has 1 N–H and O–H groups in total. The van der Waals surface area contributed by atoms with E-state index in [0.717, 1.165) is 46.6 Å². The molecule has 6 rings (SSSR count). The number of benzene rings is 5. The molecule has 1 aliphatic carbocycles. The molecule has 5 aromatic carbocycles. The maximum Gasteiger partial charge on any atom is 0.149 e. The summed E-state index contributed by atoms with van der Waals surface area (Å²) >= 11 is 0. The number of hydrogen-bond donors (Lipinski definition) is 1. The molecule has 4 heteroatoms. The summed E-state index contributed by atoms with van der Waals surface area (Å²) in [5, 5.41) is 14.2. The van der Waals surface area contributed by atoms with Crippen LogP contribution in [0.1, 0.15) is 55.7 Å². The van der Waals surface area contributed by atoms with Crippen LogP contribution in [0.5, 0.6) is 0 Å². The lowest BCUT2D eigenvalue weighted by atomic mass is 9.78. The smallest absolute Gasteiger partial charge is 0.149 e. The Morgan fingerprint density at radius 2 is 0.978 bits per heavy atom. The summed E-state index contributed by atoms with van der Waals surface area (Å²) in [6.07, 6.45) is 4.19. The van der Waals surface area contributed by atoms with E-state index in [1.165, 1.54) is 0 Å². The molecule has 1 fully saturated rings. The first kappa shape index (κ1) is 31.2. The summed E-state index contributed by atoms with van der Waals surface area (Å²) in [5.41, 5.74) is 0.555. The van der Waals surface area contributed by atoms with Crippen molar-refractivity contribution >= 4 is 17.8 Å². The molecule has 230 valence electrons. The van der Waals surface area contributed by atoms with Crippen molar-refractivity contribution < 1.29 is 14.4 Å². The molecule has 2 atom stereocenters. The average molecular weight is 615 g/mol. The summed E-state index contributed by atoms with van der Waals surface area (Å²) in [6.45, 7) is 2.43. The Hall–Kier alpha value is -3.75. The van der Waals surface area contributed by atoms with Gasteiger partial charge >= 0.3 is 0 Å². The van der Waals surface area contributed by atoms with Gasteiger partial charge in [0, 0.05) is 10.6 Å². The molecular formula is C41H43O3P. The third-order valence-corrected chi connectivity index (χ3v) is 13.5. The molecule has 0 bridgehead atoms. The monoisotopic (exact) mass is 614 g/mol. The van der Waals surface area contributed by atoms with E-state index in [0.29, 0.717) is 19.4 Å². The highest BCUT2D eigenvalue weighted by Gasteiger charge is 2.52. The van der Waals surface area contributed by atoms with E-state index in [1.54, 1.807) is 0 Å². The minimum absolute atomic E-state index is 0.241. The van der Waals surface area contributed by atoms with Gasteiger partial charge in [0.15, 0.2) is 0 Å². The first-order valence-electron chi connectivity index (χ1n) is 16.2. The summed E-state index contributed by atoms with van der Waals surface area (Å²) < 4.78 is 23.3. The molecule has 0 radical (unpaired) electrons. The van der Waals surface area contributed by atoms with Gasteiger partial charge in [0.2, 0.25) is 0 Å². The second kappa shape index (κ2) is 13.7. The molecular weight excluding hydrogens is 571 g/mol. The Morgan fingerprint density at radius 1 is 0.622 bits per heavy atom. The lowest BCUT2D eigenvalue weighted by Gasteiger charge is -2.47. The van der Waals surface area contributed by atoms with Gasteiger partial charge in [-0.15, -0.1) is 0 Å². The molecule has 45 heavy (non-hydrogen) atoms. The predicted octanol–water partition coefficient (Wildman–Crippen LogP) is 8.71. The van der Waals surface area contributed by atoms with Gasteiger partial charge in [0.1, 0.15) is 12.7 Å². The number of rotatable bonds is 11. The van der Waals surface area contributed by atoms with Crippen LogP contribution in [0.2, 0.25) is 0 Å². The zero-order chi connectivity index (χ0) is 31.2. The van der Waals surface area contributed by atoms with Gasteiger partial charge in [-0.3, -0.25) is 0 Å². The standard InChI is InChI=1S/C41H43O3P/c1-33(32-44-41(34-20-8-2-9-21-34,35-22-10-3-11-23-35)36-24-12-4-13-25-36)39(40(42)30-18-7-19-31-40)45(43,37-26-14-5-15-27-37)38-28-16-6-17-29-38/h2-6,8-17,20-29,33,39,42H,7,18-19,30-32H2,1H3/t33-,39+/m0/s1. The van der Waals surface area contributed by atoms with Crippen LogP contribution in [0.3, 0.4) is 0 Å². The fourth-order valence-electron chi connectivity index (χ4n) is 7.57. The lowest BCUT2D eigenvalue weighted by molar-refractivity contribution is -0.0462. The molecule has 1 aliphatic rings. The van der Waals surface area contributed by atoms with Gasteiger partial charge < -0.3 is 14.4 Å². The normalized spacial score (nSPS) is 16.5. The van der Waals surface area contributed by atoms with Crippen molar-refractivity contribution in [2.45, 2.75) is 55.9 Å². The van der Waals surface area contributed by atoms with Gasteiger partial charge in [0.25, 0.3) is 0 Å². The van der Waals surface area contributed by atoms with E-state index in [1.807, 2.05) is 78.9 Å². The van der Waals surface area contributed by atoms with E-state index in [9.17, 15) is 5.11 Å². The van der Waals surface area contributed by atoms with E-state index in [4.69, 9.17) is 4.74 Å². The molecule has 0 unspecified atom stereocenters. The van der Waals surface area contributed by atoms with Crippen LogP contribution in [0.15, 0.2) is 152 Å². The minimum atomic E-state index is -3.35. The lowest BCUT2D eigenvalue weighted by Crippen LogP contribution is -2.51. The highest BCUT2D eigenvalue weighted by Crippen LogP contribution is 2.58. The molecule has 0 saturated heterocycles. The second-order valence-corrected chi connectivity index (χ2v) is 15.4. The van der Waals surface area contributed by atoms with E-state index >= 15 is 4.57 Å². The molecule has 0 aliphatic heterocycles. The molecule has 0 aromatic heterocycles. The van der Waals surface area contributed by atoms with Crippen molar-refractivity contribution in [1.29, 1.82) is 0 Å². The predicted molar refractivity (Wildman–Crippen MR) is 186 cm³/mol. The molecule has 1 saturated carbocycles. The Bertz CT molecular complexity index is 1530. The third-order valence-electron chi connectivity index (χ3n) is 9.58. The summed E-state index contributed by atoms with van der Waals surface area (Å²) in [4.78, 5) is 0. The van der Waals surface area contributed by atoms with Gasteiger partial charge in [-0.1, -0.05) is 178 Å². The Kier molecular flexibility index (Phi) is 9.52. The van der Waals surface area contributed by atoms with Gasteiger partial charge in [0.05, 0.1) is 17.9 Å². The largest absolute Gasteiger partial charge is 0.389 e. The Labute approximate surface area is 268 Å². The zero-order valence-electron chi connectivity index (χ0n) is 26.0. The van der Waals surface area contributed by atoms with Crippen LogP contribution in [-0.4, -0.2) is 23.0 Å². The molecule has 0 heterocycles. The van der Waals surface area contributed by atoms with Crippen molar-refractivity contribution in [3.8, 4) is 0 Å². The maximum absolute atomic E-state index is 16.0. The second-order valence-electron chi connectivity index (χ2n) is 12.5.